The molecule has 1 aromatic carbocycles. The molecule has 1 aliphatic carbocycles. The summed E-state index contributed by atoms with van der Waals surface area (Å²) < 4.78 is 2.02. The maximum atomic E-state index is 5.93. The first-order valence-electron chi connectivity index (χ1n) is 7.90. The molecular weight excluding hydrogens is 262 g/mol. The molecule has 1 aliphatic rings. The molecule has 1 fully saturated rings. The normalized spacial score (nSPS) is 17.4. The lowest BCUT2D eigenvalue weighted by Gasteiger charge is -2.21. The summed E-state index contributed by atoms with van der Waals surface area (Å²) in [5, 5.41) is 12.5. The number of anilines is 1. The molecule has 0 saturated heterocycles. The van der Waals surface area contributed by atoms with Gasteiger partial charge in [-0.25, -0.2) is 4.68 Å². The number of aryl methyl sites for hydroxylation is 1. The highest BCUT2D eigenvalue weighted by Crippen LogP contribution is 2.30. The van der Waals surface area contributed by atoms with E-state index in [-0.39, 0.29) is 0 Å². The molecule has 2 aromatic rings. The van der Waals surface area contributed by atoms with Crippen molar-refractivity contribution in [3.8, 4) is 11.4 Å². The van der Waals surface area contributed by atoms with Gasteiger partial charge in [-0.3, -0.25) is 0 Å². The number of hydrogen-bond acceptors (Lipinski definition) is 4. The van der Waals surface area contributed by atoms with Gasteiger partial charge in [-0.1, -0.05) is 38.2 Å². The summed E-state index contributed by atoms with van der Waals surface area (Å²) >= 11 is 0. The van der Waals surface area contributed by atoms with Crippen molar-refractivity contribution in [1.29, 1.82) is 0 Å². The molecule has 5 heteroatoms. The van der Waals surface area contributed by atoms with E-state index < -0.39 is 0 Å². The molecule has 112 valence electrons. The Kier molecular flexibility index (Phi) is 4.18. The van der Waals surface area contributed by atoms with Crippen molar-refractivity contribution in [2.24, 2.45) is 0 Å². The number of nitrogens with zero attached hydrogens (tertiary/aromatic N) is 4. The first kappa shape index (κ1) is 14.0. The number of benzene rings is 1. The molecule has 0 unspecified atom stereocenters. The van der Waals surface area contributed by atoms with E-state index in [1.165, 1.54) is 44.9 Å². The third kappa shape index (κ3) is 3.06. The van der Waals surface area contributed by atoms with Crippen LogP contribution in [0, 0.1) is 6.92 Å². The number of nitrogens with two attached hydrogens (primary N) is 1. The molecule has 1 heterocycles. The molecule has 0 radical (unpaired) electrons. The van der Waals surface area contributed by atoms with Gasteiger partial charge in [0.2, 0.25) is 0 Å². The van der Waals surface area contributed by atoms with Crippen LogP contribution >= 0.6 is 0 Å². The van der Waals surface area contributed by atoms with Crippen LogP contribution in [-0.4, -0.2) is 20.2 Å². The van der Waals surface area contributed by atoms with Crippen LogP contribution < -0.4 is 5.73 Å². The van der Waals surface area contributed by atoms with Crippen LogP contribution in [0.4, 0.5) is 5.69 Å². The van der Waals surface area contributed by atoms with E-state index in [0.717, 1.165) is 22.6 Å². The summed E-state index contributed by atoms with van der Waals surface area (Å²) in [4.78, 5) is 0. The van der Waals surface area contributed by atoms with Gasteiger partial charge in [-0.15, -0.1) is 5.10 Å². The summed E-state index contributed by atoms with van der Waals surface area (Å²) in [5.41, 5.74) is 8.88. The Hall–Kier alpha value is -1.91. The molecule has 3 rings (SSSR count). The highest BCUT2D eigenvalue weighted by molar-refractivity contribution is 5.65. The molecule has 0 bridgehead atoms. The second-order valence-corrected chi connectivity index (χ2v) is 6.02. The van der Waals surface area contributed by atoms with E-state index in [4.69, 9.17) is 5.73 Å². The summed E-state index contributed by atoms with van der Waals surface area (Å²) in [6.07, 6.45) is 8.87. The summed E-state index contributed by atoms with van der Waals surface area (Å²) in [6.45, 7) is 2.08. The predicted molar refractivity (Wildman–Crippen MR) is 83.8 cm³/mol. The van der Waals surface area contributed by atoms with Crippen molar-refractivity contribution >= 4 is 5.69 Å². The number of aromatic nitrogens is 4. The van der Waals surface area contributed by atoms with Crippen molar-refractivity contribution in [3.05, 3.63) is 23.8 Å². The zero-order chi connectivity index (χ0) is 14.7. The van der Waals surface area contributed by atoms with Crippen LogP contribution in [0.25, 0.3) is 11.4 Å². The van der Waals surface area contributed by atoms with Gasteiger partial charge in [0.1, 0.15) is 0 Å². The van der Waals surface area contributed by atoms with Gasteiger partial charge in [-0.05, 0) is 47.9 Å². The Bertz CT molecular complexity index is 596. The number of tetrazole rings is 1. The average Bonchev–Trinajstić information content (AvgIpc) is 2.90. The molecule has 0 spiro atoms. The van der Waals surface area contributed by atoms with Gasteiger partial charge in [0, 0.05) is 11.3 Å². The van der Waals surface area contributed by atoms with Crippen LogP contribution in [0.5, 0.6) is 0 Å². The summed E-state index contributed by atoms with van der Waals surface area (Å²) in [5.74, 6) is 0.852. The van der Waals surface area contributed by atoms with E-state index in [9.17, 15) is 0 Å². The van der Waals surface area contributed by atoms with Crippen LogP contribution in [0.3, 0.4) is 0 Å². The Morgan fingerprint density at radius 2 is 1.81 bits per heavy atom. The molecule has 0 aliphatic heterocycles. The fourth-order valence-electron chi connectivity index (χ4n) is 3.18. The molecular formula is C16H23N5. The minimum Gasteiger partial charge on any atom is -0.399 e. The maximum absolute atomic E-state index is 5.93. The highest BCUT2D eigenvalue weighted by atomic mass is 15.5. The number of rotatable bonds is 2. The molecule has 1 saturated carbocycles. The molecule has 0 atom stereocenters. The van der Waals surface area contributed by atoms with E-state index >= 15 is 0 Å². The Labute approximate surface area is 125 Å². The third-order valence-corrected chi connectivity index (χ3v) is 4.42. The second kappa shape index (κ2) is 6.24. The Balaban J connectivity index is 1.94. The van der Waals surface area contributed by atoms with E-state index in [0.29, 0.717) is 6.04 Å². The fourth-order valence-corrected chi connectivity index (χ4v) is 3.18. The average molecular weight is 285 g/mol. The van der Waals surface area contributed by atoms with Gasteiger partial charge in [-0.2, -0.15) is 0 Å². The zero-order valence-electron chi connectivity index (χ0n) is 12.6. The van der Waals surface area contributed by atoms with Crippen molar-refractivity contribution in [2.75, 3.05) is 5.73 Å². The van der Waals surface area contributed by atoms with Crippen molar-refractivity contribution in [3.63, 3.8) is 0 Å². The lowest BCUT2D eigenvalue weighted by molar-refractivity contribution is 0.345. The SMILES string of the molecule is Cc1ccc(N)cc1-c1nnnn1C1CCCCCCC1. The Morgan fingerprint density at radius 1 is 1.10 bits per heavy atom. The van der Waals surface area contributed by atoms with Gasteiger partial charge in [0.25, 0.3) is 0 Å². The van der Waals surface area contributed by atoms with Gasteiger partial charge in [0.15, 0.2) is 5.82 Å². The maximum Gasteiger partial charge on any atom is 0.182 e. The lowest BCUT2D eigenvalue weighted by atomic mass is 9.96. The second-order valence-electron chi connectivity index (χ2n) is 6.02. The van der Waals surface area contributed by atoms with Gasteiger partial charge < -0.3 is 5.73 Å². The molecule has 2 N–H and O–H groups in total. The van der Waals surface area contributed by atoms with Crippen LogP contribution in [0.1, 0.15) is 56.6 Å². The van der Waals surface area contributed by atoms with Gasteiger partial charge >= 0.3 is 0 Å². The minimum atomic E-state index is 0.413. The fraction of sp³-hybridized carbons (Fsp3) is 0.562. The first-order valence-corrected chi connectivity index (χ1v) is 7.90. The molecule has 1 aromatic heterocycles. The van der Waals surface area contributed by atoms with Gasteiger partial charge in [0.05, 0.1) is 6.04 Å². The predicted octanol–water partition coefficient (Wildman–Crippen LogP) is 3.52. The molecule has 0 amide bonds. The largest absolute Gasteiger partial charge is 0.399 e. The smallest absolute Gasteiger partial charge is 0.182 e. The standard InChI is InChI=1S/C16H23N5/c1-12-9-10-13(17)11-15(12)16-18-19-20-21(16)14-7-5-3-2-4-6-8-14/h9-11,14H,2-8,17H2,1H3. The molecule has 21 heavy (non-hydrogen) atoms. The summed E-state index contributed by atoms with van der Waals surface area (Å²) in [7, 11) is 0. The van der Waals surface area contributed by atoms with Crippen LogP contribution in [-0.2, 0) is 0 Å². The number of hydrogen-bond donors (Lipinski definition) is 1. The topological polar surface area (TPSA) is 69.6 Å². The van der Waals surface area contributed by atoms with Crippen molar-refractivity contribution in [1.82, 2.24) is 20.2 Å². The lowest BCUT2D eigenvalue weighted by Crippen LogP contribution is -2.14. The van der Waals surface area contributed by atoms with E-state index in [1.807, 2.05) is 22.9 Å². The Morgan fingerprint density at radius 3 is 2.57 bits per heavy atom. The molecule has 5 nitrogen and oxygen atoms in total. The third-order valence-electron chi connectivity index (χ3n) is 4.42. The first-order chi connectivity index (χ1) is 10.3. The number of nitrogen functional groups attached to an aromatic ring is 1. The van der Waals surface area contributed by atoms with E-state index in [2.05, 4.69) is 22.4 Å². The minimum absolute atomic E-state index is 0.413. The van der Waals surface area contributed by atoms with E-state index in [1.54, 1.807) is 0 Å². The van der Waals surface area contributed by atoms with Crippen LogP contribution in [0.2, 0.25) is 0 Å². The van der Waals surface area contributed by atoms with Crippen molar-refractivity contribution in [2.45, 2.75) is 57.9 Å². The highest BCUT2D eigenvalue weighted by Gasteiger charge is 2.20. The van der Waals surface area contributed by atoms with Crippen molar-refractivity contribution < 1.29 is 0 Å². The van der Waals surface area contributed by atoms with Crippen LogP contribution in [0.15, 0.2) is 18.2 Å². The monoisotopic (exact) mass is 285 g/mol. The quantitative estimate of drug-likeness (QED) is 0.857. The zero-order valence-corrected chi connectivity index (χ0v) is 12.6. The summed E-state index contributed by atoms with van der Waals surface area (Å²) in [6, 6.07) is 6.33.